The number of aromatic nitrogens is 2. The minimum absolute atomic E-state index is 0.283. The van der Waals surface area contributed by atoms with Crippen LogP contribution in [-0.4, -0.2) is 48.8 Å². The highest BCUT2D eigenvalue weighted by molar-refractivity contribution is 7.89. The number of benzene rings is 1. The molecule has 1 aromatic heterocycles. The molecule has 1 aromatic carbocycles. The topological polar surface area (TPSA) is 64.4 Å². The summed E-state index contributed by atoms with van der Waals surface area (Å²) in [5.74, 6) is 0. The van der Waals surface area contributed by atoms with Crippen LogP contribution in [0.5, 0.6) is 0 Å². The summed E-state index contributed by atoms with van der Waals surface area (Å²) >= 11 is 0. The Kier molecular flexibility index (Phi) is 4.28. The Morgan fingerprint density at radius 1 is 1.18 bits per heavy atom. The van der Waals surface area contributed by atoms with Gasteiger partial charge in [0, 0.05) is 19.3 Å². The third kappa shape index (κ3) is 3.06. The Morgan fingerprint density at radius 3 is 2.55 bits per heavy atom. The molecule has 118 valence electrons. The fraction of sp³-hybridized carbons (Fsp3) is 0.400. The molecule has 0 unspecified atom stereocenters. The lowest BCUT2D eigenvalue weighted by molar-refractivity contribution is 0.0730. The summed E-state index contributed by atoms with van der Waals surface area (Å²) in [4.78, 5) is 0.283. The molecule has 2 aromatic rings. The Morgan fingerprint density at radius 2 is 1.86 bits per heavy atom. The molecule has 1 fully saturated rings. The second-order valence-electron chi connectivity index (χ2n) is 5.28. The van der Waals surface area contributed by atoms with Crippen molar-refractivity contribution < 1.29 is 13.2 Å². The lowest BCUT2D eigenvalue weighted by Gasteiger charge is -2.25. The van der Waals surface area contributed by atoms with Crippen molar-refractivity contribution in [3.05, 3.63) is 47.8 Å². The summed E-state index contributed by atoms with van der Waals surface area (Å²) in [6, 6.07) is 9.85. The standard InChI is InChI=1S/C15H19N3O3S/c1-13-15(22(19,20)18-7-9-21-10-8-18)12-17(16-13)11-14-5-3-2-4-6-14/h2-6,12H,7-11H2,1H3. The van der Waals surface area contributed by atoms with Gasteiger partial charge in [-0.15, -0.1) is 0 Å². The van der Waals surface area contributed by atoms with E-state index in [1.807, 2.05) is 30.3 Å². The maximum absolute atomic E-state index is 12.7. The molecule has 3 rings (SSSR count). The first-order chi connectivity index (χ1) is 10.6. The van der Waals surface area contributed by atoms with E-state index in [2.05, 4.69) is 5.10 Å². The van der Waals surface area contributed by atoms with Gasteiger partial charge in [-0.2, -0.15) is 9.40 Å². The number of ether oxygens (including phenoxy) is 1. The van der Waals surface area contributed by atoms with Crippen LogP contribution in [0.15, 0.2) is 41.4 Å². The zero-order valence-electron chi connectivity index (χ0n) is 12.5. The summed E-state index contributed by atoms with van der Waals surface area (Å²) in [6.07, 6.45) is 1.62. The van der Waals surface area contributed by atoms with Crippen molar-refractivity contribution >= 4 is 10.0 Å². The van der Waals surface area contributed by atoms with E-state index in [0.717, 1.165) is 5.56 Å². The van der Waals surface area contributed by atoms with Crippen LogP contribution < -0.4 is 0 Å². The van der Waals surface area contributed by atoms with Gasteiger partial charge < -0.3 is 4.74 Å². The third-order valence-electron chi connectivity index (χ3n) is 3.68. The highest BCUT2D eigenvalue weighted by Crippen LogP contribution is 2.20. The molecule has 2 heterocycles. The monoisotopic (exact) mass is 321 g/mol. The summed E-state index contributed by atoms with van der Waals surface area (Å²) in [6.45, 7) is 3.96. The molecule has 0 spiro atoms. The van der Waals surface area contributed by atoms with Gasteiger partial charge in [-0.05, 0) is 12.5 Å². The lowest BCUT2D eigenvalue weighted by atomic mass is 10.2. The van der Waals surface area contributed by atoms with E-state index in [0.29, 0.717) is 38.5 Å². The van der Waals surface area contributed by atoms with Gasteiger partial charge in [0.05, 0.1) is 25.5 Å². The zero-order valence-corrected chi connectivity index (χ0v) is 13.3. The molecular formula is C15H19N3O3S. The van der Waals surface area contributed by atoms with Crippen LogP contribution in [0, 0.1) is 6.92 Å². The second kappa shape index (κ2) is 6.20. The normalized spacial score (nSPS) is 16.8. The van der Waals surface area contributed by atoms with Gasteiger partial charge in [-0.3, -0.25) is 4.68 Å². The van der Waals surface area contributed by atoms with E-state index in [4.69, 9.17) is 4.74 Å². The number of morpholine rings is 1. The summed E-state index contributed by atoms with van der Waals surface area (Å²) in [7, 11) is -3.49. The summed E-state index contributed by atoms with van der Waals surface area (Å²) in [5, 5.41) is 4.35. The fourth-order valence-electron chi connectivity index (χ4n) is 2.53. The van der Waals surface area contributed by atoms with Crippen molar-refractivity contribution in [3.8, 4) is 0 Å². The van der Waals surface area contributed by atoms with Crippen molar-refractivity contribution in [1.29, 1.82) is 0 Å². The third-order valence-corrected chi connectivity index (χ3v) is 5.68. The molecule has 1 saturated heterocycles. The Bertz CT molecular complexity index is 735. The van der Waals surface area contributed by atoms with Gasteiger partial charge >= 0.3 is 0 Å². The molecule has 1 aliphatic rings. The van der Waals surface area contributed by atoms with Gasteiger partial charge in [0.25, 0.3) is 0 Å². The molecule has 0 bridgehead atoms. The molecular weight excluding hydrogens is 302 g/mol. The van der Waals surface area contributed by atoms with Gasteiger partial charge in [-0.25, -0.2) is 8.42 Å². The molecule has 7 heteroatoms. The van der Waals surface area contributed by atoms with E-state index in [-0.39, 0.29) is 4.90 Å². The number of nitrogens with zero attached hydrogens (tertiary/aromatic N) is 3. The Balaban J connectivity index is 1.85. The first-order valence-electron chi connectivity index (χ1n) is 7.23. The Hall–Kier alpha value is -1.70. The molecule has 0 amide bonds. The minimum atomic E-state index is -3.49. The Labute approximate surface area is 130 Å². The highest BCUT2D eigenvalue weighted by Gasteiger charge is 2.29. The number of aryl methyl sites for hydroxylation is 1. The molecule has 0 atom stereocenters. The molecule has 22 heavy (non-hydrogen) atoms. The van der Waals surface area contributed by atoms with E-state index in [1.54, 1.807) is 17.8 Å². The smallest absolute Gasteiger partial charge is 0.246 e. The largest absolute Gasteiger partial charge is 0.379 e. The predicted octanol–water partition coefficient (Wildman–Crippen LogP) is 1.26. The van der Waals surface area contributed by atoms with E-state index in [9.17, 15) is 8.42 Å². The second-order valence-corrected chi connectivity index (χ2v) is 7.18. The average Bonchev–Trinajstić information content (AvgIpc) is 2.90. The highest BCUT2D eigenvalue weighted by atomic mass is 32.2. The van der Waals surface area contributed by atoms with Crippen LogP contribution in [0.4, 0.5) is 0 Å². The zero-order chi connectivity index (χ0) is 15.6. The first kappa shape index (κ1) is 15.2. The van der Waals surface area contributed by atoms with Crippen molar-refractivity contribution in [1.82, 2.24) is 14.1 Å². The molecule has 6 nitrogen and oxygen atoms in total. The maximum atomic E-state index is 12.7. The van der Waals surface area contributed by atoms with Crippen LogP contribution in [0.25, 0.3) is 0 Å². The van der Waals surface area contributed by atoms with Gasteiger partial charge in [-0.1, -0.05) is 30.3 Å². The molecule has 0 radical (unpaired) electrons. The summed E-state index contributed by atoms with van der Waals surface area (Å²) in [5.41, 5.74) is 1.61. The van der Waals surface area contributed by atoms with E-state index >= 15 is 0 Å². The quantitative estimate of drug-likeness (QED) is 0.850. The average molecular weight is 321 g/mol. The number of rotatable bonds is 4. The van der Waals surface area contributed by atoms with Crippen molar-refractivity contribution in [2.75, 3.05) is 26.3 Å². The fourth-order valence-corrected chi connectivity index (χ4v) is 4.11. The predicted molar refractivity (Wildman–Crippen MR) is 82.1 cm³/mol. The molecule has 1 aliphatic heterocycles. The van der Waals surface area contributed by atoms with Gasteiger partial charge in [0.1, 0.15) is 4.90 Å². The summed E-state index contributed by atoms with van der Waals surface area (Å²) < 4.78 is 33.7. The van der Waals surface area contributed by atoms with Gasteiger partial charge in [0.15, 0.2) is 0 Å². The minimum Gasteiger partial charge on any atom is -0.379 e. The van der Waals surface area contributed by atoms with Crippen molar-refractivity contribution in [2.45, 2.75) is 18.4 Å². The first-order valence-corrected chi connectivity index (χ1v) is 8.67. The van der Waals surface area contributed by atoms with E-state index < -0.39 is 10.0 Å². The van der Waals surface area contributed by atoms with Crippen LogP contribution >= 0.6 is 0 Å². The van der Waals surface area contributed by atoms with Crippen LogP contribution in [0.3, 0.4) is 0 Å². The number of hydrogen-bond acceptors (Lipinski definition) is 4. The lowest BCUT2D eigenvalue weighted by Crippen LogP contribution is -2.40. The van der Waals surface area contributed by atoms with E-state index in [1.165, 1.54) is 4.31 Å². The van der Waals surface area contributed by atoms with Crippen molar-refractivity contribution in [2.24, 2.45) is 0 Å². The number of sulfonamides is 1. The van der Waals surface area contributed by atoms with Gasteiger partial charge in [0.2, 0.25) is 10.0 Å². The van der Waals surface area contributed by atoms with Crippen LogP contribution in [0.1, 0.15) is 11.3 Å². The molecule has 0 saturated carbocycles. The van der Waals surface area contributed by atoms with Crippen LogP contribution in [-0.2, 0) is 21.3 Å². The van der Waals surface area contributed by atoms with Crippen LogP contribution in [0.2, 0.25) is 0 Å². The number of hydrogen-bond donors (Lipinski definition) is 0. The van der Waals surface area contributed by atoms with Crippen molar-refractivity contribution in [3.63, 3.8) is 0 Å². The SMILES string of the molecule is Cc1nn(Cc2ccccc2)cc1S(=O)(=O)N1CCOCC1. The molecule has 0 aliphatic carbocycles. The molecule has 0 N–H and O–H groups in total. The maximum Gasteiger partial charge on any atom is 0.246 e.